The molecule has 0 aliphatic carbocycles. The van der Waals surface area contributed by atoms with E-state index in [-0.39, 0.29) is 5.91 Å². The molecule has 1 heterocycles. The summed E-state index contributed by atoms with van der Waals surface area (Å²) in [6.07, 6.45) is 1.50. The maximum atomic E-state index is 11.8. The Hall–Kier alpha value is -2.07. The molecule has 5 heteroatoms. The third kappa shape index (κ3) is 2.95. The summed E-state index contributed by atoms with van der Waals surface area (Å²) in [5.41, 5.74) is 7.29. The summed E-state index contributed by atoms with van der Waals surface area (Å²) in [7, 11) is 0. The fourth-order valence-electron chi connectivity index (χ4n) is 1.29. The highest BCUT2D eigenvalue weighted by atomic mass is 35.5. The number of rotatable bonds is 2. The number of carbonyl (C=O) groups is 1. The SMILES string of the molecule is Nc1ccc(C(=O)Nc2ccc(Cl)nc2)cc1. The molecule has 2 aromatic rings. The van der Waals surface area contributed by atoms with Crippen LogP contribution in [0.1, 0.15) is 10.4 Å². The van der Waals surface area contributed by atoms with E-state index in [2.05, 4.69) is 10.3 Å². The van der Waals surface area contributed by atoms with Crippen molar-refractivity contribution < 1.29 is 4.79 Å². The summed E-state index contributed by atoms with van der Waals surface area (Å²) in [4.78, 5) is 15.7. The molecule has 1 amide bonds. The van der Waals surface area contributed by atoms with E-state index in [0.29, 0.717) is 22.1 Å². The summed E-state index contributed by atoms with van der Waals surface area (Å²) >= 11 is 5.64. The Morgan fingerprint density at radius 3 is 2.47 bits per heavy atom. The van der Waals surface area contributed by atoms with E-state index < -0.39 is 0 Å². The first kappa shape index (κ1) is 11.4. The minimum absolute atomic E-state index is 0.214. The average molecular weight is 248 g/mol. The molecule has 0 spiro atoms. The largest absolute Gasteiger partial charge is 0.399 e. The number of amides is 1. The highest BCUT2D eigenvalue weighted by Crippen LogP contribution is 2.12. The smallest absolute Gasteiger partial charge is 0.255 e. The number of halogens is 1. The molecule has 1 aromatic carbocycles. The van der Waals surface area contributed by atoms with Crippen LogP contribution in [0.15, 0.2) is 42.6 Å². The van der Waals surface area contributed by atoms with Crippen molar-refractivity contribution in [3.63, 3.8) is 0 Å². The fourth-order valence-corrected chi connectivity index (χ4v) is 1.40. The summed E-state index contributed by atoms with van der Waals surface area (Å²) in [5.74, 6) is -0.214. The number of nitrogens with two attached hydrogens (primary N) is 1. The van der Waals surface area contributed by atoms with Crippen molar-refractivity contribution in [2.45, 2.75) is 0 Å². The third-order valence-electron chi connectivity index (χ3n) is 2.16. The van der Waals surface area contributed by atoms with Crippen molar-refractivity contribution in [1.29, 1.82) is 0 Å². The van der Waals surface area contributed by atoms with Crippen molar-refractivity contribution in [3.8, 4) is 0 Å². The number of pyridine rings is 1. The predicted molar refractivity (Wildman–Crippen MR) is 68.1 cm³/mol. The van der Waals surface area contributed by atoms with Crippen LogP contribution in [0.4, 0.5) is 11.4 Å². The third-order valence-corrected chi connectivity index (χ3v) is 2.38. The van der Waals surface area contributed by atoms with Crippen LogP contribution in [0.3, 0.4) is 0 Å². The van der Waals surface area contributed by atoms with E-state index in [9.17, 15) is 4.79 Å². The van der Waals surface area contributed by atoms with Gasteiger partial charge >= 0.3 is 0 Å². The number of benzene rings is 1. The molecule has 86 valence electrons. The van der Waals surface area contributed by atoms with E-state index >= 15 is 0 Å². The number of nitrogens with one attached hydrogen (secondary N) is 1. The molecular formula is C12H10ClN3O. The Bertz CT molecular complexity index is 522. The number of nitrogen functional groups attached to an aromatic ring is 1. The van der Waals surface area contributed by atoms with Gasteiger partial charge in [-0.25, -0.2) is 4.98 Å². The van der Waals surface area contributed by atoms with Gasteiger partial charge in [-0.15, -0.1) is 0 Å². The first-order chi connectivity index (χ1) is 8.15. The highest BCUT2D eigenvalue weighted by Gasteiger charge is 2.05. The maximum Gasteiger partial charge on any atom is 0.255 e. The van der Waals surface area contributed by atoms with Gasteiger partial charge in [0.05, 0.1) is 11.9 Å². The van der Waals surface area contributed by atoms with Crippen LogP contribution in [0.2, 0.25) is 5.15 Å². The van der Waals surface area contributed by atoms with E-state index in [1.165, 1.54) is 6.20 Å². The quantitative estimate of drug-likeness (QED) is 0.633. The van der Waals surface area contributed by atoms with Gasteiger partial charge in [-0.1, -0.05) is 11.6 Å². The first-order valence-corrected chi connectivity index (χ1v) is 5.31. The average Bonchev–Trinajstić information content (AvgIpc) is 2.33. The molecule has 0 unspecified atom stereocenters. The van der Waals surface area contributed by atoms with E-state index in [1.54, 1.807) is 36.4 Å². The zero-order valence-corrected chi connectivity index (χ0v) is 9.61. The van der Waals surface area contributed by atoms with Gasteiger partial charge in [-0.2, -0.15) is 0 Å². The van der Waals surface area contributed by atoms with Gasteiger partial charge in [0.25, 0.3) is 5.91 Å². The lowest BCUT2D eigenvalue weighted by Gasteiger charge is -2.04. The molecule has 0 aliphatic rings. The minimum atomic E-state index is -0.214. The lowest BCUT2D eigenvalue weighted by molar-refractivity contribution is 0.102. The lowest BCUT2D eigenvalue weighted by Crippen LogP contribution is -2.11. The highest BCUT2D eigenvalue weighted by molar-refractivity contribution is 6.29. The van der Waals surface area contributed by atoms with E-state index in [0.717, 1.165) is 0 Å². The summed E-state index contributed by atoms with van der Waals surface area (Å²) in [5, 5.41) is 3.09. The van der Waals surface area contributed by atoms with Gasteiger partial charge in [0.1, 0.15) is 5.15 Å². The molecule has 0 saturated heterocycles. The molecule has 1 aromatic heterocycles. The van der Waals surface area contributed by atoms with E-state index in [1.807, 2.05) is 0 Å². The Morgan fingerprint density at radius 2 is 1.88 bits per heavy atom. The van der Waals surface area contributed by atoms with E-state index in [4.69, 9.17) is 17.3 Å². The van der Waals surface area contributed by atoms with Crippen molar-refractivity contribution in [2.24, 2.45) is 0 Å². The second kappa shape index (κ2) is 4.84. The van der Waals surface area contributed by atoms with Crippen LogP contribution in [0.25, 0.3) is 0 Å². The Morgan fingerprint density at radius 1 is 1.18 bits per heavy atom. The number of anilines is 2. The topological polar surface area (TPSA) is 68.0 Å². The van der Waals surface area contributed by atoms with Crippen LogP contribution in [-0.2, 0) is 0 Å². The molecule has 0 atom stereocenters. The Balaban J connectivity index is 2.11. The fraction of sp³-hybridized carbons (Fsp3) is 0. The van der Waals surface area contributed by atoms with Gasteiger partial charge in [-0.3, -0.25) is 4.79 Å². The molecule has 3 N–H and O–H groups in total. The van der Waals surface area contributed by atoms with Gasteiger partial charge in [0.15, 0.2) is 0 Å². The van der Waals surface area contributed by atoms with Crippen molar-refractivity contribution in [2.75, 3.05) is 11.1 Å². The molecule has 0 saturated carbocycles. The molecule has 0 fully saturated rings. The maximum absolute atomic E-state index is 11.8. The van der Waals surface area contributed by atoms with Crippen LogP contribution in [0, 0.1) is 0 Å². The number of aromatic nitrogens is 1. The Kier molecular flexibility index (Phi) is 3.25. The summed E-state index contributed by atoms with van der Waals surface area (Å²) in [6.45, 7) is 0. The predicted octanol–water partition coefficient (Wildman–Crippen LogP) is 2.57. The van der Waals surface area contributed by atoms with Crippen molar-refractivity contribution in [3.05, 3.63) is 53.3 Å². The van der Waals surface area contributed by atoms with Crippen LogP contribution < -0.4 is 11.1 Å². The lowest BCUT2D eigenvalue weighted by atomic mass is 10.2. The van der Waals surface area contributed by atoms with Crippen LogP contribution in [-0.4, -0.2) is 10.9 Å². The van der Waals surface area contributed by atoms with Gasteiger partial charge in [0.2, 0.25) is 0 Å². The van der Waals surface area contributed by atoms with Gasteiger partial charge in [0, 0.05) is 11.3 Å². The standard InChI is InChI=1S/C12H10ClN3O/c13-11-6-5-10(7-15-11)16-12(17)8-1-3-9(14)4-2-8/h1-7H,14H2,(H,16,17). The number of hydrogen-bond acceptors (Lipinski definition) is 3. The normalized spacial score (nSPS) is 9.94. The van der Waals surface area contributed by atoms with Gasteiger partial charge in [-0.05, 0) is 36.4 Å². The zero-order chi connectivity index (χ0) is 12.3. The second-order valence-corrected chi connectivity index (χ2v) is 3.83. The monoisotopic (exact) mass is 247 g/mol. The summed E-state index contributed by atoms with van der Waals surface area (Å²) < 4.78 is 0. The van der Waals surface area contributed by atoms with Crippen LogP contribution >= 0.6 is 11.6 Å². The molecule has 4 nitrogen and oxygen atoms in total. The van der Waals surface area contributed by atoms with Crippen molar-refractivity contribution in [1.82, 2.24) is 4.98 Å². The van der Waals surface area contributed by atoms with Crippen molar-refractivity contribution >= 4 is 28.9 Å². The molecule has 2 rings (SSSR count). The van der Waals surface area contributed by atoms with Crippen LogP contribution in [0.5, 0.6) is 0 Å². The molecule has 0 bridgehead atoms. The molecule has 17 heavy (non-hydrogen) atoms. The number of hydrogen-bond donors (Lipinski definition) is 2. The minimum Gasteiger partial charge on any atom is -0.399 e. The van der Waals surface area contributed by atoms with Gasteiger partial charge < -0.3 is 11.1 Å². The molecule has 0 radical (unpaired) electrons. The molecular weight excluding hydrogens is 238 g/mol. The second-order valence-electron chi connectivity index (χ2n) is 3.45. The molecule has 0 aliphatic heterocycles. The number of carbonyl (C=O) groups excluding carboxylic acids is 1. The zero-order valence-electron chi connectivity index (χ0n) is 8.85. The Labute approximate surface area is 103 Å². The first-order valence-electron chi connectivity index (χ1n) is 4.93. The number of nitrogens with zero attached hydrogens (tertiary/aromatic N) is 1. The summed E-state index contributed by atoms with van der Waals surface area (Å²) in [6, 6.07) is 9.97.